The van der Waals surface area contributed by atoms with Crippen molar-refractivity contribution in [3.05, 3.63) is 29.6 Å². The van der Waals surface area contributed by atoms with Crippen molar-refractivity contribution in [2.45, 2.75) is 18.9 Å². The Hall–Kier alpha value is -1.73. The third kappa shape index (κ3) is 4.10. The highest BCUT2D eigenvalue weighted by Gasteiger charge is 2.33. The van der Waals surface area contributed by atoms with Crippen molar-refractivity contribution in [1.82, 2.24) is 8.61 Å². The first-order chi connectivity index (χ1) is 12.0. The number of halogens is 1. The third-order valence-corrected chi connectivity index (χ3v) is 6.57. The highest BCUT2D eigenvalue weighted by Crippen LogP contribution is 2.23. The number of morpholine rings is 1. The average molecular weight is 368 g/mol. The van der Waals surface area contributed by atoms with Crippen LogP contribution in [0.4, 0.5) is 10.1 Å². The zero-order valence-corrected chi connectivity index (χ0v) is 14.6. The fourth-order valence-electron chi connectivity index (χ4n) is 3.09. The van der Waals surface area contributed by atoms with Gasteiger partial charge in [0.1, 0.15) is 5.82 Å². The van der Waals surface area contributed by atoms with Crippen molar-refractivity contribution < 1.29 is 17.5 Å². The van der Waals surface area contributed by atoms with Gasteiger partial charge >= 0.3 is 0 Å². The molecule has 0 bridgehead atoms. The van der Waals surface area contributed by atoms with Crippen LogP contribution in [-0.4, -0.2) is 62.5 Å². The summed E-state index contributed by atoms with van der Waals surface area (Å²) in [7, 11) is -3.45. The molecule has 7 nitrogen and oxygen atoms in total. The quantitative estimate of drug-likeness (QED) is 0.862. The van der Waals surface area contributed by atoms with Crippen LogP contribution < -0.4 is 5.32 Å². The maximum atomic E-state index is 14.0. The summed E-state index contributed by atoms with van der Waals surface area (Å²) < 4.78 is 47.4. The van der Waals surface area contributed by atoms with Crippen LogP contribution in [0.2, 0.25) is 0 Å². The number of anilines is 1. The number of ether oxygens (including phenoxy) is 1. The Labute approximate surface area is 147 Å². The second-order valence-corrected chi connectivity index (χ2v) is 8.07. The number of benzene rings is 1. The van der Waals surface area contributed by atoms with Crippen LogP contribution in [0.15, 0.2) is 18.2 Å². The molecule has 1 N–H and O–H groups in total. The smallest absolute Gasteiger partial charge is 0.282 e. The lowest BCUT2D eigenvalue weighted by molar-refractivity contribution is 0.0697. The number of nitriles is 1. The Morgan fingerprint density at radius 3 is 2.40 bits per heavy atom. The minimum absolute atomic E-state index is 0.00132. The van der Waals surface area contributed by atoms with E-state index < -0.39 is 16.0 Å². The summed E-state index contributed by atoms with van der Waals surface area (Å²) in [5.74, 6) is -0.470. The number of piperidine rings is 1. The third-order valence-electron chi connectivity index (χ3n) is 4.53. The first-order valence-corrected chi connectivity index (χ1v) is 9.69. The molecule has 0 aliphatic carbocycles. The van der Waals surface area contributed by atoms with Gasteiger partial charge in [-0.05, 0) is 31.0 Å². The topological polar surface area (TPSA) is 85.7 Å². The molecule has 2 aliphatic rings. The molecule has 25 heavy (non-hydrogen) atoms. The van der Waals surface area contributed by atoms with Crippen LogP contribution in [0.5, 0.6) is 0 Å². The molecule has 136 valence electrons. The molecule has 0 unspecified atom stereocenters. The maximum absolute atomic E-state index is 14.0. The summed E-state index contributed by atoms with van der Waals surface area (Å²) >= 11 is 0. The number of nitrogens with zero attached hydrogens (tertiary/aromatic N) is 3. The van der Waals surface area contributed by atoms with Crippen molar-refractivity contribution >= 4 is 15.9 Å². The zero-order chi connectivity index (χ0) is 17.9. The first-order valence-electron chi connectivity index (χ1n) is 8.30. The Kier molecular flexibility index (Phi) is 5.54. The van der Waals surface area contributed by atoms with Gasteiger partial charge in [0.2, 0.25) is 0 Å². The van der Waals surface area contributed by atoms with E-state index in [-0.39, 0.29) is 11.6 Å². The molecule has 0 amide bonds. The maximum Gasteiger partial charge on any atom is 0.282 e. The van der Waals surface area contributed by atoms with E-state index in [1.807, 2.05) is 6.07 Å². The van der Waals surface area contributed by atoms with Crippen molar-refractivity contribution in [3.8, 4) is 6.07 Å². The molecule has 2 saturated heterocycles. The van der Waals surface area contributed by atoms with Crippen molar-refractivity contribution in [1.29, 1.82) is 5.26 Å². The zero-order valence-electron chi connectivity index (χ0n) is 13.8. The van der Waals surface area contributed by atoms with Gasteiger partial charge in [-0.2, -0.15) is 22.3 Å². The molecule has 2 fully saturated rings. The molecule has 0 atom stereocenters. The molecule has 2 aliphatic heterocycles. The minimum atomic E-state index is -3.45. The van der Waals surface area contributed by atoms with Crippen LogP contribution in [0.1, 0.15) is 18.4 Å². The molecule has 0 aromatic heterocycles. The summed E-state index contributed by atoms with van der Waals surface area (Å²) in [4.78, 5) is 0. The number of nitrogens with one attached hydrogen (secondary N) is 1. The highest BCUT2D eigenvalue weighted by molar-refractivity contribution is 7.86. The second kappa shape index (κ2) is 7.66. The lowest BCUT2D eigenvalue weighted by atomic mass is 10.1. The van der Waals surface area contributed by atoms with Crippen LogP contribution >= 0.6 is 0 Å². The van der Waals surface area contributed by atoms with E-state index in [4.69, 9.17) is 10.00 Å². The van der Waals surface area contributed by atoms with E-state index in [9.17, 15) is 12.8 Å². The van der Waals surface area contributed by atoms with Gasteiger partial charge in [0.05, 0.1) is 30.5 Å². The molecule has 9 heteroatoms. The second-order valence-electron chi connectivity index (χ2n) is 6.14. The molecule has 3 rings (SSSR count). The van der Waals surface area contributed by atoms with Gasteiger partial charge < -0.3 is 10.1 Å². The van der Waals surface area contributed by atoms with E-state index >= 15 is 0 Å². The van der Waals surface area contributed by atoms with E-state index in [1.165, 1.54) is 14.7 Å². The SMILES string of the molecule is N#Cc1ccc(NC2CCN(S(=O)(=O)N3CCOCC3)CC2)c(F)c1. The summed E-state index contributed by atoms with van der Waals surface area (Å²) in [5, 5.41) is 11.9. The van der Waals surface area contributed by atoms with E-state index in [0.717, 1.165) is 0 Å². The number of hydrogen-bond acceptors (Lipinski definition) is 5. The van der Waals surface area contributed by atoms with Crippen molar-refractivity contribution in [2.75, 3.05) is 44.7 Å². The van der Waals surface area contributed by atoms with E-state index in [2.05, 4.69) is 5.32 Å². The van der Waals surface area contributed by atoms with Gasteiger partial charge in [0.15, 0.2) is 0 Å². The fourth-order valence-corrected chi connectivity index (χ4v) is 4.70. The summed E-state index contributed by atoms with van der Waals surface area (Å²) in [6.07, 6.45) is 1.20. The lowest BCUT2D eigenvalue weighted by Crippen LogP contribution is -2.51. The van der Waals surface area contributed by atoms with Gasteiger partial charge in [-0.1, -0.05) is 0 Å². The summed E-state index contributed by atoms with van der Waals surface area (Å²) in [5.41, 5.74) is 0.614. The van der Waals surface area contributed by atoms with Crippen LogP contribution in [-0.2, 0) is 14.9 Å². The summed E-state index contributed by atoms with van der Waals surface area (Å²) in [6, 6.07) is 6.20. The monoisotopic (exact) mass is 368 g/mol. The highest BCUT2D eigenvalue weighted by atomic mass is 32.2. The fraction of sp³-hybridized carbons (Fsp3) is 0.562. The minimum Gasteiger partial charge on any atom is -0.380 e. The molecule has 1 aromatic rings. The van der Waals surface area contributed by atoms with Gasteiger partial charge in [-0.25, -0.2) is 4.39 Å². The standard InChI is InChI=1S/C16H21FN4O3S/c17-15-11-13(12-18)1-2-16(15)19-14-3-5-20(6-4-14)25(22,23)21-7-9-24-10-8-21/h1-2,11,14,19H,3-10H2. The largest absolute Gasteiger partial charge is 0.380 e. The van der Waals surface area contributed by atoms with Crippen molar-refractivity contribution in [3.63, 3.8) is 0 Å². The molecule has 2 heterocycles. The predicted octanol–water partition coefficient (Wildman–Crippen LogP) is 1.15. The first kappa shape index (κ1) is 18.1. The molecule has 0 radical (unpaired) electrons. The van der Waals surface area contributed by atoms with Gasteiger partial charge in [0, 0.05) is 32.2 Å². The van der Waals surface area contributed by atoms with Gasteiger partial charge in [0.25, 0.3) is 10.2 Å². The Morgan fingerprint density at radius 2 is 1.80 bits per heavy atom. The van der Waals surface area contributed by atoms with E-state index in [0.29, 0.717) is 57.9 Å². The number of hydrogen-bond donors (Lipinski definition) is 1. The molecule has 1 aromatic carbocycles. The Balaban J connectivity index is 1.57. The van der Waals surface area contributed by atoms with Gasteiger partial charge in [-0.3, -0.25) is 0 Å². The van der Waals surface area contributed by atoms with Gasteiger partial charge in [-0.15, -0.1) is 0 Å². The average Bonchev–Trinajstić information content (AvgIpc) is 2.64. The van der Waals surface area contributed by atoms with E-state index in [1.54, 1.807) is 12.1 Å². The normalized spacial score (nSPS) is 21.0. The molecular weight excluding hydrogens is 347 g/mol. The molecule has 0 spiro atoms. The molecule has 0 saturated carbocycles. The van der Waals surface area contributed by atoms with Crippen LogP contribution in [0.25, 0.3) is 0 Å². The van der Waals surface area contributed by atoms with Crippen LogP contribution in [0, 0.1) is 17.1 Å². The Morgan fingerprint density at radius 1 is 1.16 bits per heavy atom. The summed E-state index contributed by atoms with van der Waals surface area (Å²) in [6.45, 7) is 2.42. The number of rotatable bonds is 4. The predicted molar refractivity (Wildman–Crippen MR) is 90.6 cm³/mol. The molecular formula is C16H21FN4O3S. The van der Waals surface area contributed by atoms with Crippen molar-refractivity contribution in [2.24, 2.45) is 0 Å². The lowest BCUT2D eigenvalue weighted by Gasteiger charge is -2.36. The Bertz CT molecular complexity index is 751. The van der Waals surface area contributed by atoms with Crippen LogP contribution in [0.3, 0.4) is 0 Å².